The van der Waals surface area contributed by atoms with Gasteiger partial charge >= 0.3 is 5.97 Å². The first-order valence-electron chi connectivity index (χ1n) is 4.30. The minimum atomic E-state index is -0.440. The first-order valence-corrected chi connectivity index (χ1v) is 4.30. The third-order valence-electron chi connectivity index (χ3n) is 1.82. The fourth-order valence-electron chi connectivity index (χ4n) is 1.04. The fraction of sp³-hybridized carbons (Fsp3) is 0.182. The van der Waals surface area contributed by atoms with Gasteiger partial charge in [0.05, 0.1) is 14.2 Å². The highest BCUT2D eigenvalue weighted by Gasteiger charge is 2.00. The highest BCUT2D eigenvalue weighted by molar-refractivity contribution is 5.87. The summed E-state index contributed by atoms with van der Waals surface area (Å²) in [5.74, 6) is -0.0139. The molecule has 0 saturated heterocycles. The molecule has 0 amide bonds. The zero-order valence-corrected chi connectivity index (χ0v) is 8.56. The molecule has 15 heavy (non-hydrogen) atoms. The van der Waals surface area contributed by atoms with E-state index in [0.29, 0.717) is 11.3 Å². The summed E-state index contributed by atoms with van der Waals surface area (Å²) < 4.78 is 9.32. The van der Waals surface area contributed by atoms with E-state index in [0.717, 1.165) is 0 Å². The smallest absolute Gasteiger partial charge is 0.330 e. The lowest BCUT2D eigenvalue weighted by molar-refractivity contribution is -0.134. The van der Waals surface area contributed by atoms with Crippen LogP contribution >= 0.6 is 0 Å². The quantitative estimate of drug-likeness (QED) is 0.605. The van der Waals surface area contributed by atoms with E-state index < -0.39 is 5.97 Å². The number of phenols is 1. The Hall–Kier alpha value is -1.97. The summed E-state index contributed by atoms with van der Waals surface area (Å²) in [6.07, 6.45) is 2.83. The predicted octanol–water partition coefficient (Wildman–Crippen LogP) is 1.59. The average Bonchev–Trinajstić information content (AvgIpc) is 2.26. The molecular formula is C11H12O4. The van der Waals surface area contributed by atoms with E-state index in [-0.39, 0.29) is 5.75 Å². The molecule has 0 radical (unpaired) electrons. The molecule has 0 saturated carbocycles. The van der Waals surface area contributed by atoms with Crippen molar-refractivity contribution < 1.29 is 19.4 Å². The number of carbonyl (C=O) groups excluding carboxylic acids is 1. The minimum Gasteiger partial charge on any atom is -0.504 e. The molecule has 0 unspecified atom stereocenters. The molecule has 0 aromatic heterocycles. The minimum absolute atomic E-state index is 0.0320. The van der Waals surface area contributed by atoms with Crippen molar-refractivity contribution in [3.05, 3.63) is 29.8 Å². The monoisotopic (exact) mass is 208 g/mol. The van der Waals surface area contributed by atoms with Crippen molar-refractivity contribution in [2.45, 2.75) is 0 Å². The number of benzene rings is 1. The first-order chi connectivity index (χ1) is 7.17. The number of aromatic hydroxyl groups is 1. The largest absolute Gasteiger partial charge is 0.504 e. The van der Waals surface area contributed by atoms with Gasteiger partial charge < -0.3 is 14.6 Å². The van der Waals surface area contributed by atoms with Gasteiger partial charge in [-0.1, -0.05) is 6.07 Å². The fourth-order valence-corrected chi connectivity index (χ4v) is 1.04. The molecule has 1 rings (SSSR count). The van der Waals surface area contributed by atoms with Gasteiger partial charge in [-0.2, -0.15) is 0 Å². The molecule has 0 aliphatic rings. The van der Waals surface area contributed by atoms with E-state index in [1.54, 1.807) is 18.2 Å². The number of hydrogen-bond acceptors (Lipinski definition) is 4. The second kappa shape index (κ2) is 5.05. The molecule has 0 aliphatic carbocycles. The van der Waals surface area contributed by atoms with E-state index in [2.05, 4.69) is 4.74 Å². The summed E-state index contributed by atoms with van der Waals surface area (Å²) in [7, 11) is 2.77. The van der Waals surface area contributed by atoms with E-state index in [9.17, 15) is 9.90 Å². The second-order valence-electron chi connectivity index (χ2n) is 2.79. The Morgan fingerprint density at radius 1 is 1.40 bits per heavy atom. The van der Waals surface area contributed by atoms with Gasteiger partial charge in [0.1, 0.15) is 0 Å². The molecular weight excluding hydrogens is 196 g/mol. The van der Waals surface area contributed by atoms with Crippen molar-refractivity contribution in [2.24, 2.45) is 0 Å². The number of methoxy groups -OCH3 is 2. The molecule has 80 valence electrons. The topological polar surface area (TPSA) is 55.8 Å². The summed E-state index contributed by atoms with van der Waals surface area (Å²) >= 11 is 0. The highest BCUT2D eigenvalue weighted by Crippen LogP contribution is 2.26. The number of carbonyl (C=O) groups is 1. The van der Waals surface area contributed by atoms with E-state index in [1.165, 1.54) is 26.4 Å². The van der Waals surface area contributed by atoms with Crippen LogP contribution in [-0.4, -0.2) is 25.3 Å². The van der Waals surface area contributed by atoms with Gasteiger partial charge in [0.2, 0.25) is 0 Å². The number of esters is 1. The third kappa shape index (κ3) is 3.02. The van der Waals surface area contributed by atoms with Crippen molar-refractivity contribution in [3.8, 4) is 11.5 Å². The van der Waals surface area contributed by atoms with Crippen LogP contribution in [-0.2, 0) is 9.53 Å². The lowest BCUT2D eigenvalue weighted by Gasteiger charge is -2.02. The van der Waals surface area contributed by atoms with Gasteiger partial charge in [-0.15, -0.1) is 0 Å². The van der Waals surface area contributed by atoms with Gasteiger partial charge in [-0.05, 0) is 23.8 Å². The van der Waals surface area contributed by atoms with Gasteiger partial charge in [0, 0.05) is 6.08 Å². The van der Waals surface area contributed by atoms with Crippen molar-refractivity contribution in [2.75, 3.05) is 14.2 Å². The summed E-state index contributed by atoms with van der Waals surface area (Å²) in [5.41, 5.74) is 0.693. The SMILES string of the molecule is COC(=O)C=Cc1ccc(OC)c(O)c1. The van der Waals surface area contributed by atoms with Crippen LogP contribution in [0.4, 0.5) is 0 Å². The van der Waals surface area contributed by atoms with Crippen molar-refractivity contribution in [3.63, 3.8) is 0 Å². The van der Waals surface area contributed by atoms with Gasteiger partial charge in [-0.3, -0.25) is 0 Å². The lowest BCUT2D eigenvalue weighted by Crippen LogP contribution is -1.93. The van der Waals surface area contributed by atoms with Crippen LogP contribution in [0.3, 0.4) is 0 Å². The molecule has 1 aromatic carbocycles. The lowest BCUT2D eigenvalue weighted by atomic mass is 10.2. The van der Waals surface area contributed by atoms with Crippen molar-refractivity contribution in [1.29, 1.82) is 0 Å². The maximum absolute atomic E-state index is 10.8. The van der Waals surface area contributed by atoms with Crippen molar-refractivity contribution in [1.82, 2.24) is 0 Å². The van der Waals surface area contributed by atoms with Crippen LogP contribution in [0.2, 0.25) is 0 Å². The molecule has 0 heterocycles. The molecule has 4 nitrogen and oxygen atoms in total. The second-order valence-corrected chi connectivity index (χ2v) is 2.79. The van der Waals surface area contributed by atoms with Crippen LogP contribution in [0.5, 0.6) is 11.5 Å². The summed E-state index contributed by atoms with van der Waals surface area (Å²) in [6.45, 7) is 0. The first kappa shape index (κ1) is 11.1. The Morgan fingerprint density at radius 3 is 2.67 bits per heavy atom. The van der Waals surface area contributed by atoms with E-state index >= 15 is 0 Å². The third-order valence-corrected chi connectivity index (χ3v) is 1.82. The Labute approximate surface area is 87.7 Å². The van der Waals surface area contributed by atoms with Crippen LogP contribution in [0, 0.1) is 0 Å². The zero-order valence-electron chi connectivity index (χ0n) is 8.56. The van der Waals surface area contributed by atoms with Gasteiger partial charge in [0.25, 0.3) is 0 Å². The summed E-state index contributed by atoms with van der Waals surface area (Å²) in [5, 5.41) is 9.44. The number of ether oxygens (including phenoxy) is 2. The zero-order chi connectivity index (χ0) is 11.3. The Morgan fingerprint density at radius 2 is 2.13 bits per heavy atom. The highest BCUT2D eigenvalue weighted by atomic mass is 16.5. The molecule has 0 fully saturated rings. The number of hydrogen-bond donors (Lipinski definition) is 1. The molecule has 4 heteroatoms. The van der Waals surface area contributed by atoms with Gasteiger partial charge in [-0.25, -0.2) is 4.79 Å². The summed E-state index contributed by atoms with van der Waals surface area (Å²) in [6, 6.07) is 4.84. The Balaban J connectivity index is 2.84. The predicted molar refractivity (Wildman–Crippen MR) is 55.7 cm³/mol. The molecule has 0 bridgehead atoms. The molecule has 0 spiro atoms. The number of rotatable bonds is 3. The normalized spacial score (nSPS) is 10.3. The maximum atomic E-state index is 10.8. The van der Waals surface area contributed by atoms with Crippen LogP contribution in [0.25, 0.3) is 6.08 Å². The van der Waals surface area contributed by atoms with Crippen LogP contribution < -0.4 is 4.74 Å². The summed E-state index contributed by atoms with van der Waals surface area (Å²) in [4.78, 5) is 10.8. The molecule has 1 aromatic rings. The maximum Gasteiger partial charge on any atom is 0.330 e. The van der Waals surface area contributed by atoms with Crippen LogP contribution in [0.1, 0.15) is 5.56 Å². The number of phenolic OH excluding ortho intramolecular Hbond substituents is 1. The Kier molecular flexibility index (Phi) is 3.74. The standard InChI is InChI=1S/C11H12O4/c1-14-10-5-3-8(7-9(10)12)4-6-11(13)15-2/h3-7,12H,1-2H3. The van der Waals surface area contributed by atoms with Crippen LogP contribution in [0.15, 0.2) is 24.3 Å². The Bertz CT molecular complexity index is 382. The average molecular weight is 208 g/mol. The van der Waals surface area contributed by atoms with E-state index in [1.807, 2.05) is 0 Å². The van der Waals surface area contributed by atoms with Crippen molar-refractivity contribution >= 4 is 12.0 Å². The van der Waals surface area contributed by atoms with Gasteiger partial charge in [0.15, 0.2) is 11.5 Å². The molecule has 0 atom stereocenters. The molecule has 1 N–H and O–H groups in total. The van der Waals surface area contributed by atoms with E-state index in [4.69, 9.17) is 4.74 Å². The molecule has 0 aliphatic heterocycles.